The fourth-order valence-electron chi connectivity index (χ4n) is 3.63. The SMILES string of the molecule is C1=C(NCCCN2CCOCC2)C=C2Nc3ccccc3CC=C2C1. The highest BCUT2D eigenvalue weighted by atomic mass is 16.5. The lowest BCUT2D eigenvalue weighted by atomic mass is 10.0. The Morgan fingerprint density at radius 3 is 2.88 bits per heavy atom. The number of nitrogens with zero attached hydrogens (tertiary/aromatic N) is 1. The van der Waals surface area contributed by atoms with Gasteiger partial charge in [-0.25, -0.2) is 0 Å². The molecule has 2 heterocycles. The number of hydrogen-bond acceptors (Lipinski definition) is 4. The van der Waals surface area contributed by atoms with Crippen molar-refractivity contribution in [3.63, 3.8) is 0 Å². The Bertz CT molecular complexity index is 699. The molecular weight excluding hydrogens is 310 g/mol. The van der Waals surface area contributed by atoms with Gasteiger partial charge in [0, 0.05) is 36.7 Å². The highest BCUT2D eigenvalue weighted by Crippen LogP contribution is 2.30. The van der Waals surface area contributed by atoms with Crippen molar-refractivity contribution in [2.24, 2.45) is 0 Å². The van der Waals surface area contributed by atoms with Crippen LogP contribution in [0.4, 0.5) is 5.69 Å². The molecule has 25 heavy (non-hydrogen) atoms. The van der Waals surface area contributed by atoms with Crippen LogP contribution in [-0.4, -0.2) is 44.3 Å². The van der Waals surface area contributed by atoms with Gasteiger partial charge in [0.05, 0.1) is 13.2 Å². The van der Waals surface area contributed by atoms with E-state index in [4.69, 9.17) is 4.74 Å². The number of para-hydroxylation sites is 1. The summed E-state index contributed by atoms with van der Waals surface area (Å²) in [5, 5.41) is 7.22. The van der Waals surface area contributed by atoms with Crippen molar-refractivity contribution < 1.29 is 4.74 Å². The highest BCUT2D eigenvalue weighted by Gasteiger charge is 2.16. The van der Waals surface area contributed by atoms with Gasteiger partial charge < -0.3 is 15.4 Å². The van der Waals surface area contributed by atoms with E-state index >= 15 is 0 Å². The van der Waals surface area contributed by atoms with E-state index in [2.05, 4.69) is 58.0 Å². The fraction of sp³-hybridized carbons (Fsp3) is 0.429. The smallest absolute Gasteiger partial charge is 0.0594 e. The normalized spacial score (nSPS) is 20.2. The number of fused-ring (bicyclic) bond motifs is 2. The van der Waals surface area contributed by atoms with E-state index < -0.39 is 0 Å². The minimum atomic E-state index is 0.882. The summed E-state index contributed by atoms with van der Waals surface area (Å²) in [6.45, 7) is 6.08. The predicted octanol–water partition coefficient (Wildman–Crippen LogP) is 3.06. The quantitative estimate of drug-likeness (QED) is 0.810. The lowest BCUT2D eigenvalue weighted by molar-refractivity contribution is 0.0375. The van der Waals surface area contributed by atoms with Crippen molar-refractivity contribution >= 4 is 5.69 Å². The standard InChI is InChI=1S/C21H27N3O/c1-2-5-20-17(4-1)6-7-18-8-9-19(16-21(18)23-20)22-10-3-11-24-12-14-25-15-13-24/h1-2,4-5,7,9,16,22-23H,3,6,8,10-15H2. The topological polar surface area (TPSA) is 36.5 Å². The zero-order valence-corrected chi connectivity index (χ0v) is 14.8. The lowest BCUT2D eigenvalue weighted by Gasteiger charge is -2.26. The van der Waals surface area contributed by atoms with Crippen molar-refractivity contribution in [2.75, 3.05) is 44.7 Å². The summed E-state index contributed by atoms with van der Waals surface area (Å²) in [5.74, 6) is 0. The summed E-state index contributed by atoms with van der Waals surface area (Å²) in [5.41, 5.74) is 6.47. The molecule has 3 aliphatic rings. The summed E-state index contributed by atoms with van der Waals surface area (Å²) in [4.78, 5) is 2.49. The monoisotopic (exact) mass is 337 g/mol. The Morgan fingerprint density at radius 1 is 1.08 bits per heavy atom. The van der Waals surface area contributed by atoms with Crippen LogP contribution in [-0.2, 0) is 11.2 Å². The van der Waals surface area contributed by atoms with E-state index in [1.807, 2.05) is 0 Å². The molecule has 4 heteroatoms. The van der Waals surface area contributed by atoms with Crippen LogP contribution in [0.5, 0.6) is 0 Å². The van der Waals surface area contributed by atoms with E-state index in [1.165, 1.54) is 34.6 Å². The zero-order valence-electron chi connectivity index (χ0n) is 14.8. The summed E-state index contributed by atoms with van der Waals surface area (Å²) >= 11 is 0. The van der Waals surface area contributed by atoms with Gasteiger partial charge in [-0.05, 0) is 49.1 Å². The molecule has 2 N–H and O–H groups in total. The van der Waals surface area contributed by atoms with Gasteiger partial charge >= 0.3 is 0 Å². The van der Waals surface area contributed by atoms with Crippen LogP contribution in [0.3, 0.4) is 0 Å². The zero-order chi connectivity index (χ0) is 16.9. The van der Waals surface area contributed by atoms with Crippen molar-refractivity contribution in [1.29, 1.82) is 0 Å². The largest absolute Gasteiger partial charge is 0.385 e. The summed E-state index contributed by atoms with van der Waals surface area (Å²) in [6.07, 6.45) is 10.1. The first kappa shape index (κ1) is 16.4. The van der Waals surface area contributed by atoms with Crippen molar-refractivity contribution in [3.8, 4) is 0 Å². The Morgan fingerprint density at radius 2 is 1.96 bits per heavy atom. The molecule has 1 aromatic rings. The summed E-state index contributed by atoms with van der Waals surface area (Å²) < 4.78 is 5.40. The van der Waals surface area contributed by atoms with Crippen LogP contribution in [0.1, 0.15) is 18.4 Å². The van der Waals surface area contributed by atoms with Gasteiger partial charge in [0.25, 0.3) is 0 Å². The number of nitrogens with one attached hydrogen (secondary N) is 2. The maximum absolute atomic E-state index is 5.40. The third-order valence-corrected chi connectivity index (χ3v) is 5.13. The maximum atomic E-state index is 5.40. The first-order valence-electron chi connectivity index (χ1n) is 9.39. The van der Waals surface area contributed by atoms with Gasteiger partial charge in [-0.15, -0.1) is 0 Å². The molecule has 0 aromatic heterocycles. The molecule has 2 aliphatic heterocycles. The van der Waals surface area contributed by atoms with Gasteiger partial charge in [-0.3, -0.25) is 4.90 Å². The second-order valence-electron chi connectivity index (χ2n) is 6.87. The first-order valence-corrected chi connectivity index (χ1v) is 9.39. The molecule has 1 saturated heterocycles. The van der Waals surface area contributed by atoms with Gasteiger partial charge in [0.15, 0.2) is 0 Å². The van der Waals surface area contributed by atoms with Crippen molar-refractivity contribution in [3.05, 3.63) is 65.0 Å². The molecule has 0 amide bonds. The van der Waals surface area contributed by atoms with E-state index in [0.717, 1.165) is 52.2 Å². The van der Waals surface area contributed by atoms with Crippen molar-refractivity contribution in [2.45, 2.75) is 19.3 Å². The lowest BCUT2D eigenvalue weighted by Crippen LogP contribution is -2.37. The van der Waals surface area contributed by atoms with Gasteiger partial charge in [0.1, 0.15) is 0 Å². The van der Waals surface area contributed by atoms with Crippen molar-refractivity contribution in [1.82, 2.24) is 10.2 Å². The molecule has 0 unspecified atom stereocenters. The van der Waals surface area contributed by atoms with E-state index in [0.29, 0.717) is 0 Å². The second-order valence-corrected chi connectivity index (χ2v) is 6.87. The average molecular weight is 337 g/mol. The number of rotatable bonds is 5. The molecule has 0 saturated carbocycles. The van der Waals surface area contributed by atoms with E-state index in [1.54, 1.807) is 0 Å². The molecule has 0 radical (unpaired) electrons. The number of benzene rings is 1. The van der Waals surface area contributed by atoms with Crippen LogP contribution in [0.15, 0.2) is 59.5 Å². The Balaban J connectivity index is 1.31. The number of morpholine rings is 1. The Labute approximate surface area is 150 Å². The molecule has 1 aliphatic carbocycles. The summed E-state index contributed by atoms with van der Waals surface area (Å²) in [7, 11) is 0. The van der Waals surface area contributed by atoms with E-state index in [-0.39, 0.29) is 0 Å². The second kappa shape index (κ2) is 7.89. The van der Waals surface area contributed by atoms with E-state index in [9.17, 15) is 0 Å². The Kier molecular flexibility index (Phi) is 5.19. The molecule has 4 rings (SSSR count). The van der Waals surface area contributed by atoms with Crippen LogP contribution in [0, 0.1) is 0 Å². The predicted molar refractivity (Wildman–Crippen MR) is 103 cm³/mol. The van der Waals surface area contributed by atoms with Crippen LogP contribution >= 0.6 is 0 Å². The summed E-state index contributed by atoms with van der Waals surface area (Å²) in [6, 6.07) is 8.58. The Hall–Kier alpha value is -2.04. The fourth-order valence-corrected chi connectivity index (χ4v) is 3.63. The molecule has 132 valence electrons. The third-order valence-electron chi connectivity index (χ3n) is 5.13. The van der Waals surface area contributed by atoms with Crippen LogP contribution < -0.4 is 10.6 Å². The average Bonchev–Trinajstić information content (AvgIpc) is 2.85. The molecule has 0 atom stereocenters. The minimum Gasteiger partial charge on any atom is -0.385 e. The number of anilines is 1. The molecule has 1 aromatic carbocycles. The molecule has 4 nitrogen and oxygen atoms in total. The molecule has 0 bridgehead atoms. The van der Waals surface area contributed by atoms with Crippen LogP contribution in [0.25, 0.3) is 0 Å². The van der Waals surface area contributed by atoms with Crippen LogP contribution in [0.2, 0.25) is 0 Å². The van der Waals surface area contributed by atoms with Gasteiger partial charge in [-0.2, -0.15) is 0 Å². The van der Waals surface area contributed by atoms with Gasteiger partial charge in [-0.1, -0.05) is 30.4 Å². The first-order chi connectivity index (χ1) is 12.4. The molecular formula is C21H27N3O. The van der Waals surface area contributed by atoms with Gasteiger partial charge in [0.2, 0.25) is 0 Å². The molecule has 1 fully saturated rings. The number of hydrogen-bond donors (Lipinski definition) is 2. The maximum Gasteiger partial charge on any atom is 0.0594 e. The minimum absolute atomic E-state index is 0.882. The molecule has 0 spiro atoms. The highest BCUT2D eigenvalue weighted by molar-refractivity contribution is 5.63. The third kappa shape index (κ3) is 4.14. The number of allylic oxidation sites excluding steroid dienone is 4. The number of ether oxygens (including phenoxy) is 1.